The number of carbonyl (C=O) groups excluding carboxylic acids is 3. The summed E-state index contributed by atoms with van der Waals surface area (Å²) in [6.45, 7) is 4.95. The van der Waals surface area contributed by atoms with Crippen molar-refractivity contribution in [3.05, 3.63) is 35.4 Å². The lowest BCUT2D eigenvalue weighted by molar-refractivity contribution is -0.137. The Labute approximate surface area is 225 Å². The number of carbonyl (C=O) groups is 4. The molecule has 1 aromatic rings. The van der Waals surface area contributed by atoms with Crippen molar-refractivity contribution in [2.45, 2.75) is 76.9 Å². The lowest BCUT2D eigenvalue weighted by Crippen LogP contribution is -2.54. The van der Waals surface area contributed by atoms with E-state index in [1.54, 1.807) is 6.92 Å². The first-order valence-electron chi connectivity index (χ1n) is 13.9. The Hall–Kier alpha value is -3.14. The Balaban J connectivity index is 1.59. The molecule has 0 spiro atoms. The first-order valence-corrected chi connectivity index (χ1v) is 13.9. The molecule has 1 aromatic carbocycles. The van der Waals surface area contributed by atoms with Crippen LogP contribution in [0, 0.1) is 5.92 Å². The van der Waals surface area contributed by atoms with E-state index in [2.05, 4.69) is 20.9 Å². The van der Waals surface area contributed by atoms with Crippen LogP contribution in [0.2, 0.25) is 0 Å². The molecule has 1 aliphatic heterocycles. The number of nitrogens with one attached hydrogen (secondary N) is 3. The number of hydrogen-bond acceptors (Lipinski definition) is 5. The van der Waals surface area contributed by atoms with Gasteiger partial charge in [-0.2, -0.15) is 0 Å². The first kappa shape index (κ1) is 29.4. The van der Waals surface area contributed by atoms with Crippen LogP contribution in [0.15, 0.2) is 24.3 Å². The lowest BCUT2D eigenvalue weighted by Gasteiger charge is -2.34. The van der Waals surface area contributed by atoms with Crippen molar-refractivity contribution >= 4 is 23.8 Å². The molecule has 2 atom stereocenters. The average molecular weight is 530 g/mol. The van der Waals surface area contributed by atoms with Gasteiger partial charge in [-0.05, 0) is 36.9 Å². The molecule has 1 saturated heterocycles. The van der Waals surface area contributed by atoms with Gasteiger partial charge in [0.15, 0.2) is 0 Å². The van der Waals surface area contributed by atoms with Gasteiger partial charge in [-0.3, -0.25) is 14.4 Å². The molecule has 0 aromatic heterocycles. The van der Waals surface area contributed by atoms with Crippen LogP contribution in [0.4, 0.5) is 4.79 Å². The highest BCUT2D eigenvalue weighted by Crippen LogP contribution is 2.26. The molecule has 2 unspecified atom stereocenters. The number of rotatable bonds is 10. The quantitative estimate of drug-likeness (QED) is 0.344. The summed E-state index contributed by atoms with van der Waals surface area (Å²) in [5, 5.41) is 17.5. The number of benzene rings is 1. The van der Waals surface area contributed by atoms with E-state index in [0.29, 0.717) is 25.9 Å². The Morgan fingerprint density at radius 2 is 1.53 bits per heavy atom. The maximum atomic E-state index is 13.2. The molecule has 1 saturated carbocycles. The fraction of sp³-hybridized carbons (Fsp3) is 0.643. The Morgan fingerprint density at radius 3 is 2.11 bits per heavy atom. The molecule has 1 aliphatic carbocycles. The standard InChI is InChI=1S/C28H43N5O5/c1-3-24(34)30-23(27(36)33-16-14-32(2)15-17-33)18-20-10-12-21(13-11-20)19-29-26(35)25(31-28(37)38)22-8-6-4-5-7-9-22/h10-13,22-23,25,31H,3-9,14-19H2,1-2H3,(H,29,35)(H,30,34)(H,37,38). The minimum atomic E-state index is -1.19. The van der Waals surface area contributed by atoms with Crippen LogP contribution in [-0.2, 0) is 27.3 Å². The summed E-state index contributed by atoms with van der Waals surface area (Å²) in [6.07, 6.45) is 5.45. The summed E-state index contributed by atoms with van der Waals surface area (Å²) in [5.74, 6) is -0.519. The van der Waals surface area contributed by atoms with E-state index in [4.69, 9.17) is 0 Å². The van der Waals surface area contributed by atoms with E-state index in [1.165, 1.54) is 0 Å². The van der Waals surface area contributed by atoms with Gasteiger partial charge in [-0.1, -0.05) is 56.9 Å². The monoisotopic (exact) mass is 529 g/mol. The summed E-state index contributed by atoms with van der Waals surface area (Å²) >= 11 is 0. The normalized spacial score (nSPS) is 18.6. The van der Waals surface area contributed by atoms with Gasteiger partial charge >= 0.3 is 6.09 Å². The minimum absolute atomic E-state index is 0.00378. The molecule has 4 amide bonds. The number of carboxylic acid groups (broad SMARTS) is 1. The summed E-state index contributed by atoms with van der Waals surface area (Å²) in [4.78, 5) is 53.6. The van der Waals surface area contributed by atoms with Crippen molar-refractivity contribution in [2.24, 2.45) is 5.92 Å². The van der Waals surface area contributed by atoms with E-state index in [9.17, 15) is 24.3 Å². The second kappa shape index (κ2) is 14.7. The van der Waals surface area contributed by atoms with Gasteiger partial charge in [0.1, 0.15) is 12.1 Å². The molecule has 3 rings (SSSR count). The molecule has 38 heavy (non-hydrogen) atoms. The third-order valence-corrected chi connectivity index (χ3v) is 7.63. The van der Waals surface area contributed by atoms with Crippen LogP contribution in [0.25, 0.3) is 0 Å². The van der Waals surface area contributed by atoms with Crippen LogP contribution < -0.4 is 16.0 Å². The second-order valence-corrected chi connectivity index (χ2v) is 10.5. The molecule has 2 fully saturated rings. The van der Waals surface area contributed by atoms with Crippen molar-refractivity contribution in [3.8, 4) is 0 Å². The highest BCUT2D eigenvalue weighted by atomic mass is 16.4. The molecule has 0 bridgehead atoms. The van der Waals surface area contributed by atoms with Gasteiger partial charge in [-0.15, -0.1) is 0 Å². The summed E-state index contributed by atoms with van der Waals surface area (Å²) in [5.41, 5.74) is 1.78. The predicted octanol–water partition coefficient (Wildman–Crippen LogP) is 2.12. The smallest absolute Gasteiger partial charge is 0.405 e. The Bertz CT molecular complexity index is 937. The molecule has 2 aliphatic rings. The van der Waals surface area contributed by atoms with Crippen molar-refractivity contribution in [1.29, 1.82) is 0 Å². The highest BCUT2D eigenvalue weighted by molar-refractivity contribution is 5.88. The molecular weight excluding hydrogens is 486 g/mol. The maximum Gasteiger partial charge on any atom is 0.405 e. The third kappa shape index (κ3) is 9.01. The summed E-state index contributed by atoms with van der Waals surface area (Å²) in [6, 6.07) is 6.21. The molecule has 0 radical (unpaired) electrons. The van der Waals surface area contributed by atoms with Crippen LogP contribution in [-0.4, -0.2) is 84.0 Å². The van der Waals surface area contributed by atoms with Crippen molar-refractivity contribution in [3.63, 3.8) is 0 Å². The number of nitrogens with zero attached hydrogens (tertiary/aromatic N) is 2. The number of hydrogen-bond donors (Lipinski definition) is 4. The predicted molar refractivity (Wildman–Crippen MR) is 144 cm³/mol. The number of likely N-dealkylation sites (N-methyl/N-ethyl adjacent to an activating group) is 1. The van der Waals surface area contributed by atoms with Gasteiger partial charge in [0.05, 0.1) is 0 Å². The zero-order valence-electron chi connectivity index (χ0n) is 22.7. The van der Waals surface area contributed by atoms with Crippen molar-refractivity contribution in [2.75, 3.05) is 33.2 Å². The van der Waals surface area contributed by atoms with Crippen molar-refractivity contribution in [1.82, 2.24) is 25.8 Å². The average Bonchev–Trinajstić information content (AvgIpc) is 3.20. The van der Waals surface area contributed by atoms with Gasteiger partial charge < -0.3 is 30.9 Å². The minimum Gasteiger partial charge on any atom is -0.465 e. The fourth-order valence-electron chi connectivity index (χ4n) is 5.25. The van der Waals surface area contributed by atoms with E-state index >= 15 is 0 Å². The Kier molecular flexibility index (Phi) is 11.4. The Morgan fingerprint density at radius 1 is 0.921 bits per heavy atom. The van der Waals surface area contributed by atoms with E-state index in [1.807, 2.05) is 36.2 Å². The second-order valence-electron chi connectivity index (χ2n) is 10.5. The number of amides is 4. The van der Waals surface area contributed by atoms with Crippen LogP contribution in [0.1, 0.15) is 63.0 Å². The van der Waals surface area contributed by atoms with Crippen molar-refractivity contribution < 1.29 is 24.3 Å². The topological polar surface area (TPSA) is 131 Å². The van der Waals surface area contributed by atoms with Gasteiger partial charge in [0.25, 0.3) is 0 Å². The first-order chi connectivity index (χ1) is 18.3. The maximum absolute atomic E-state index is 13.2. The van der Waals surface area contributed by atoms with E-state index in [0.717, 1.165) is 62.7 Å². The third-order valence-electron chi connectivity index (χ3n) is 7.63. The van der Waals surface area contributed by atoms with Crippen LogP contribution >= 0.6 is 0 Å². The molecule has 10 heteroatoms. The van der Waals surface area contributed by atoms with Crippen LogP contribution in [0.5, 0.6) is 0 Å². The molecular formula is C28H43N5O5. The SMILES string of the molecule is CCC(=O)NC(Cc1ccc(CNC(=O)C(NC(=O)O)C2CCCCCC2)cc1)C(=O)N1CCN(C)CC1. The molecule has 4 N–H and O–H groups in total. The number of piperazine rings is 1. The zero-order valence-corrected chi connectivity index (χ0v) is 22.7. The van der Waals surface area contributed by atoms with Crippen LogP contribution in [0.3, 0.4) is 0 Å². The van der Waals surface area contributed by atoms with Gasteiger partial charge in [0, 0.05) is 45.6 Å². The lowest BCUT2D eigenvalue weighted by atomic mass is 9.91. The largest absolute Gasteiger partial charge is 0.465 e. The van der Waals surface area contributed by atoms with Gasteiger partial charge in [-0.25, -0.2) is 4.79 Å². The fourth-order valence-corrected chi connectivity index (χ4v) is 5.25. The summed E-state index contributed by atoms with van der Waals surface area (Å²) < 4.78 is 0. The summed E-state index contributed by atoms with van der Waals surface area (Å²) in [7, 11) is 2.03. The van der Waals surface area contributed by atoms with E-state index in [-0.39, 0.29) is 30.2 Å². The molecule has 10 nitrogen and oxygen atoms in total. The molecule has 1 heterocycles. The zero-order chi connectivity index (χ0) is 27.5. The van der Waals surface area contributed by atoms with Gasteiger partial charge in [0.2, 0.25) is 17.7 Å². The molecule has 210 valence electrons. The van der Waals surface area contributed by atoms with E-state index < -0.39 is 18.2 Å². The highest BCUT2D eigenvalue weighted by Gasteiger charge is 2.30.